The largest absolute Gasteiger partial charge is 0.238 e. The zero-order valence-electron chi connectivity index (χ0n) is 11.4. The maximum atomic E-state index is 4.67. The molecule has 0 amide bonds. The standard InChI is InChI=1S/C19H13NS/c1-3-8-16(9-4-1)13-14-18(19-12-7-15-21-19)20-17-10-5-2-6-11-17/h1-12,15H. The lowest BCUT2D eigenvalue weighted by Gasteiger charge is -1.97. The third-order valence-corrected chi connectivity index (χ3v) is 3.73. The molecule has 1 heterocycles. The van der Waals surface area contributed by atoms with E-state index in [2.05, 4.69) is 16.8 Å². The zero-order chi connectivity index (χ0) is 14.3. The molecular weight excluding hydrogens is 274 g/mol. The molecule has 1 nitrogen and oxygen atoms in total. The first-order chi connectivity index (χ1) is 10.4. The Morgan fingerprint density at radius 3 is 2.19 bits per heavy atom. The average molecular weight is 287 g/mol. The summed E-state index contributed by atoms with van der Waals surface area (Å²) >= 11 is 1.65. The molecule has 0 N–H and O–H groups in total. The van der Waals surface area contributed by atoms with Crippen molar-refractivity contribution in [3.8, 4) is 11.8 Å². The number of benzene rings is 2. The third-order valence-electron chi connectivity index (χ3n) is 2.85. The minimum Gasteiger partial charge on any atom is -0.238 e. The van der Waals surface area contributed by atoms with Crippen LogP contribution in [0.25, 0.3) is 0 Å². The smallest absolute Gasteiger partial charge is 0.131 e. The number of thiophene rings is 1. The summed E-state index contributed by atoms with van der Waals surface area (Å²) in [4.78, 5) is 5.76. The predicted molar refractivity (Wildman–Crippen MR) is 90.3 cm³/mol. The van der Waals surface area contributed by atoms with E-state index in [0.717, 1.165) is 21.8 Å². The Morgan fingerprint density at radius 2 is 1.52 bits per heavy atom. The highest BCUT2D eigenvalue weighted by Crippen LogP contribution is 2.16. The molecule has 100 valence electrons. The molecule has 0 aliphatic rings. The van der Waals surface area contributed by atoms with Gasteiger partial charge in [-0.1, -0.05) is 48.4 Å². The summed E-state index contributed by atoms with van der Waals surface area (Å²) in [5.74, 6) is 6.38. The summed E-state index contributed by atoms with van der Waals surface area (Å²) in [6.45, 7) is 0. The molecule has 2 heteroatoms. The van der Waals surface area contributed by atoms with Crippen LogP contribution in [0.15, 0.2) is 83.2 Å². The van der Waals surface area contributed by atoms with Crippen molar-refractivity contribution in [2.45, 2.75) is 0 Å². The summed E-state index contributed by atoms with van der Waals surface area (Å²) in [6.07, 6.45) is 0. The van der Waals surface area contributed by atoms with Crippen molar-refractivity contribution in [1.29, 1.82) is 0 Å². The second-order valence-corrected chi connectivity index (χ2v) is 5.34. The van der Waals surface area contributed by atoms with Gasteiger partial charge in [-0.2, -0.15) is 0 Å². The van der Waals surface area contributed by atoms with E-state index in [1.807, 2.05) is 78.2 Å². The average Bonchev–Trinajstić information content (AvgIpc) is 3.08. The van der Waals surface area contributed by atoms with E-state index in [-0.39, 0.29) is 0 Å². The van der Waals surface area contributed by atoms with E-state index in [0.29, 0.717) is 0 Å². The second kappa shape index (κ2) is 6.69. The van der Waals surface area contributed by atoms with Crippen molar-refractivity contribution in [3.05, 3.63) is 88.6 Å². The Bertz CT molecular complexity index is 776. The van der Waals surface area contributed by atoms with Crippen LogP contribution in [0, 0.1) is 11.8 Å². The molecule has 0 unspecified atom stereocenters. The van der Waals surface area contributed by atoms with Gasteiger partial charge in [-0.3, -0.25) is 0 Å². The number of para-hydroxylation sites is 1. The van der Waals surface area contributed by atoms with Crippen LogP contribution in [0.1, 0.15) is 10.4 Å². The van der Waals surface area contributed by atoms with Crippen LogP contribution in [0.3, 0.4) is 0 Å². The van der Waals surface area contributed by atoms with Gasteiger partial charge in [-0.15, -0.1) is 11.3 Å². The highest BCUT2D eigenvalue weighted by molar-refractivity contribution is 7.12. The SMILES string of the molecule is C(#Cc1ccccc1)C(=Nc1ccccc1)c1cccs1. The van der Waals surface area contributed by atoms with E-state index < -0.39 is 0 Å². The fourth-order valence-electron chi connectivity index (χ4n) is 1.84. The summed E-state index contributed by atoms with van der Waals surface area (Å²) in [5.41, 5.74) is 2.72. The minimum atomic E-state index is 0.806. The predicted octanol–water partition coefficient (Wildman–Crippen LogP) is 4.92. The number of aliphatic imine (C=N–C) groups is 1. The summed E-state index contributed by atoms with van der Waals surface area (Å²) in [7, 11) is 0. The molecule has 0 saturated carbocycles. The highest BCUT2D eigenvalue weighted by atomic mass is 32.1. The van der Waals surface area contributed by atoms with E-state index in [1.165, 1.54) is 0 Å². The quantitative estimate of drug-likeness (QED) is 0.468. The topological polar surface area (TPSA) is 12.4 Å². The van der Waals surface area contributed by atoms with Crippen LogP contribution in [0.4, 0.5) is 5.69 Å². The van der Waals surface area contributed by atoms with Crippen LogP contribution >= 0.6 is 11.3 Å². The molecular formula is C19H13NS. The van der Waals surface area contributed by atoms with Gasteiger partial charge in [0.25, 0.3) is 0 Å². The van der Waals surface area contributed by atoms with Gasteiger partial charge in [0.15, 0.2) is 0 Å². The highest BCUT2D eigenvalue weighted by Gasteiger charge is 2.01. The van der Waals surface area contributed by atoms with Gasteiger partial charge in [0.05, 0.1) is 10.6 Å². The fourth-order valence-corrected chi connectivity index (χ4v) is 2.51. The Labute approximate surface area is 128 Å². The van der Waals surface area contributed by atoms with E-state index in [4.69, 9.17) is 0 Å². The number of nitrogens with zero attached hydrogens (tertiary/aromatic N) is 1. The van der Waals surface area contributed by atoms with Crippen molar-refractivity contribution in [2.24, 2.45) is 4.99 Å². The molecule has 3 rings (SSSR count). The summed E-state index contributed by atoms with van der Waals surface area (Å²) in [5, 5.41) is 2.04. The molecule has 1 aromatic heterocycles. The molecule has 21 heavy (non-hydrogen) atoms. The summed E-state index contributed by atoms with van der Waals surface area (Å²) in [6, 6.07) is 24.0. The molecule has 0 saturated heterocycles. The molecule has 0 atom stereocenters. The van der Waals surface area contributed by atoms with Crippen LogP contribution in [-0.2, 0) is 0 Å². The lowest BCUT2D eigenvalue weighted by molar-refractivity contribution is 1.52. The monoisotopic (exact) mass is 287 g/mol. The molecule has 0 aliphatic heterocycles. The molecule has 3 aromatic rings. The maximum Gasteiger partial charge on any atom is 0.131 e. The number of hydrogen-bond acceptors (Lipinski definition) is 2. The van der Waals surface area contributed by atoms with Gasteiger partial charge in [-0.25, -0.2) is 4.99 Å². The molecule has 0 bridgehead atoms. The van der Waals surface area contributed by atoms with Crippen molar-refractivity contribution < 1.29 is 0 Å². The van der Waals surface area contributed by atoms with Gasteiger partial charge < -0.3 is 0 Å². The molecule has 0 aliphatic carbocycles. The van der Waals surface area contributed by atoms with Gasteiger partial charge in [0.2, 0.25) is 0 Å². The molecule has 0 radical (unpaired) electrons. The first-order valence-corrected chi connectivity index (χ1v) is 7.54. The molecule has 0 spiro atoms. The number of hydrogen-bond donors (Lipinski definition) is 0. The third kappa shape index (κ3) is 3.68. The van der Waals surface area contributed by atoms with Crippen LogP contribution in [-0.4, -0.2) is 5.71 Å². The first-order valence-electron chi connectivity index (χ1n) is 6.66. The minimum absolute atomic E-state index is 0.806. The Morgan fingerprint density at radius 1 is 0.810 bits per heavy atom. The van der Waals surface area contributed by atoms with Crippen LogP contribution < -0.4 is 0 Å². The maximum absolute atomic E-state index is 4.67. The molecule has 0 fully saturated rings. The Kier molecular flexibility index (Phi) is 4.26. The fraction of sp³-hybridized carbons (Fsp3) is 0. The van der Waals surface area contributed by atoms with Gasteiger partial charge >= 0.3 is 0 Å². The van der Waals surface area contributed by atoms with Crippen molar-refractivity contribution >= 4 is 22.7 Å². The normalized spacial score (nSPS) is 10.8. The van der Waals surface area contributed by atoms with Crippen molar-refractivity contribution in [2.75, 3.05) is 0 Å². The summed E-state index contributed by atoms with van der Waals surface area (Å²) < 4.78 is 0. The van der Waals surface area contributed by atoms with Crippen molar-refractivity contribution in [1.82, 2.24) is 0 Å². The van der Waals surface area contributed by atoms with Gasteiger partial charge in [-0.05, 0) is 41.6 Å². The van der Waals surface area contributed by atoms with E-state index >= 15 is 0 Å². The van der Waals surface area contributed by atoms with Crippen molar-refractivity contribution in [3.63, 3.8) is 0 Å². The number of rotatable bonds is 2. The lowest BCUT2D eigenvalue weighted by Crippen LogP contribution is -1.93. The van der Waals surface area contributed by atoms with Gasteiger partial charge in [0, 0.05) is 5.56 Å². The second-order valence-electron chi connectivity index (χ2n) is 4.39. The van der Waals surface area contributed by atoms with E-state index in [1.54, 1.807) is 11.3 Å². The Hall–Kier alpha value is -2.63. The zero-order valence-corrected chi connectivity index (χ0v) is 12.2. The Balaban J connectivity index is 1.99. The van der Waals surface area contributed by atoms with Crippen LogP contribution in [0.2, 0.25) is 0 Å². The van der Waals surface area contributed by atoms with Crippen LogP contribution in [0.5, 0.6) is 0 Å². The lowest BCUT2D eigenvalue weighted by atomic mass is 10.2. The first kappa shape index (κ1) is 13.4. The molecule has 2 aromatic carbocycles. The van der Waals surface area contributed by atoms with Gasteiger partial charge in [0.1, 0.15) is 5.71 Å². The van der Waals surface area contributed by atoms with E-state index in [9.17, 15) is 0 Å².